The molecule has 1 aliphatic heterocycles. The summed E-state index contributed by atoms with van der Waals surface area (Å²) in [7, 11) is 1.62. The van der Waals surface area contributed by atoms with Crippen LogP contribution in [0.5, 0.6) is 5.75 Å². The van der Waals surface area contributed by atoms with Gasteiger partial charge in [0.05, 0.1) is 13.2 Å². The molecule has 27 heavy (non-hydrogen) atoms. The largest absolute Gasteiger partial charge is 0.496 e. The first-order valence-corrected chi connectivity index (χ1v) is 9.10. The zero-order valence-electron chi connectivity index (χ0n) is 15.6. The van der Waals surface area contributed by atoms with Crippen molar-refractivity contribution < 1.29 is 14.3 Å². The standard InChI is InChI=1S/C22H24N2O3/c1-16(19-6-3-4-7-20(19)27-2)23-21(25)14-11-17-9-12-18(13-10-17)24-15-5-8-22(24)26/h3-4,6-7,9-14,16H,5,8,15H2,1-2H3,(H,23,25). The summed E-state index contributed by atoms with van der Waals surface area (Å²) in [6, 6.07) is 15.1. The van der Waals surface area contributed by atoms with Crippen LogP contribution in [0.4, 0.5) is 5.69 Å². The van der Waals surface area contributed by atoms with Gasteiger partial charge in [-0.15, -0.1) is 0 Å². The molecular weight excluding hydrogens is 340 g/mol. The van der Waals surface area contributed by atoms with Gasteiger partial charge in [-0.3, -0.25) is 9.59 Å². The quantitative estimate of drug-likeness (QED) is 0.795. The molecule has 2 amide bonds. The molecule has 0 spiro atoms. The number of ether oxygens (including phenoxy) is 1. The normalized spacial score (nSPS) is 15.2. The van der Waals surface area contributed by atoms with Crippen LogP contribution in [0.25, 0.3) is 6.08 Å². The first kappa shape index (κ1) is 18.7. The van der Waals surface area contributed by atoms with Crippen molar-refractivity contribution in [3.63, 3.8) is 0 Å². The van der Waals surface area contributed by atoms with Crippen LogP contribution in [0.1, 0.15) is 36.9 Å². The lowest BCUT2D eigenvalue weighted by Crippen LogP contribution is -2.25. The predicted octanol–water partition coefficient (Wildman–Crippen LogP) is 3.71. The highest BCUT2D eigenvalue weighted by Crippen LogP contribution is 2.24. The Morgan fingerprint density at radius 1 is 1.19 bits per heavy atom. The van der Waals surface area contributed by atoms with Crippen molar-refractivity contribution in [3.05, 3.63) is 65.7 Å². The zero-order valence-corrected chi connectivity index (χ0v) is 15.6. The average Bonchev–Trinajstić information content (AvgIpc) is 3.12. The fourth-order valence-corrected chi connectivity index (χ4v) is 3.22. The molecule has 1 unspecified atom stereocenters. The number of carbonyl (C=O) groups excluding carboxylic acids is 2. The molecule has 2 aromatic rings. The van der Waals surface area contributed by atoms with E-state index in [9.17, 15) is 9.59 Å². The molecule has 0 aromatic heterocycles. The van der Waals surface area contributed by atoms with Crippen LogP contribution >= 0.6 is 0 Å². The summed E-state index contributed by atoms with van der Waals surface area (Å²) in [6.45, 7) is 2.70. The third kappa shape index (κ3) is 4.56. The highest BCUT2D eigenvalue weighted by Gasteiger charge is 2.21. The zero-order chi connectivity index (χ0) is 19.2. The van der Waals surface area contributed by atoms with Crippen molar-refractivity contribution in [2.45, 2.75) is 25.8 Å². The Balaban J connectivity index is 1.60. The Morgan fingerprint density at radius 2 is 1.93 bits per heavy atom. The molecule has 0 aliphatic carbocycles. The van der Waals surface area contributed by atoms with Crippen LogP contribution in [0, 0.1) is 0 Å². The smallest absolute Gasteiger partial charge is 0.244 e. The lowest BCUT2D eigenvalue weighted by molar-refractivity contribution is -0.117. The fourth-order valence-electron chi connectivity index (χ4n) is 3.22. The lowest BCUT2D eigenvalue weighted by Gasteiger charge is -2.16. The highest BCUT2D eigenvalue weighted by atomic mass is 16.5. The summed E-state index contributed by atoms with van der Waals surface area (Å²) in [6.07, 6.45) is 4.80. The van der Waals surface area contributed by atoms with Crippen LogP contribution in [-0.2, 0) is 9.59 Å². The fraction of sp³-hybridized carbons (Fsp3) is 0.273. The second kappa shape index (κ2) is 8.54. The van der Waals surface area contributed by atoms with Crippen molar-refractivity contribution >= 4 is 23.6 Å². The molecule has 1 N–H and O–H groups in total. The maximum absolute atomic E-state index is 12.2. The maximum Gasteiger partial charge on any atom is 0.244 e. The minimum atomic E-state index is -0.174. The highest BCUT2D eigenvalue weighted by molar-refractivity contribution is 5.95. The van der Waals surface area contributed by atoms with Gasteiger partial charge in [0.15, 0.2) is 0 Å². The first-order chi connectivity index (χ1) is 13.1. The van der Waals surface area contributed by atoms with Crippen LogP contribution < -0.4 is 15.0 Å². The molecule has 0 bridgehead atoms. The number of nitrogens with zero attached hydrogens (tertiary/aromatic N) is 1. The summed E-state index contributed by atoms with van der Waals surface area (Å²) >= 11 is 0. The monoisotopic (exact) mass is 364 g/mol. The molecular formula is C22H24N2O3. The van der Waals surface area contributed by atoms with E-state index in [0.717, 1.165) is 35.5 Å². The summed E-state index contributed by atoms with van der Waals surface area (Å²) in [5.41, 5.74) is 2.75. The first-order valence-electron chi connectivity index (χ1n) is 9.10. The molecule has 3 rings (SSSR count). The summed E-state index contributed by atoms with van der Waals surface area (Å²) < 4.78 is 5.34. The second-order valence-corrected chi connectivity index (χ2v) is 6.55. The number of hydrogen-bond acceptors (Lipinski definition) is 3. The van der Waals surface area contributed by atoms with Crippen LogP contribution in [0.2, 0.25) is 0 Å². The van der Waals surface area contributed by atoms with Gasteiger partial charge in [0.2, 0.25) is 11.8 Å². The SMILES string of the molecule is COc1ccccc1C(C)NC(=O)C=Cc1ccc(N2CCCC2=O)cc1. The van der Waals surface area contributed by atoms with Gasteiger partial charge in [-0.05, 0) is 43.2 Å². The summed E-state index contributed by atoms with van der Waals surface area (Å²) in [4.78, 5) is 25.8. The van der Waals surface area contributed by atoms with Crippen molar-refractivity contribution in [3.8, 4) is 5.75 Å². The molecule has 1 atom stereocenters. The Bertz CT molecular complexity index is 843. The second-order valence-electron chi connectivity index (χ2n) is 6.55. The van der Waals surface area contributed by atoms with E-state index in [-0.39, 0.29) is 17.9 Å². The number of nitrogens with one attached hydrogen (secondary N) is 1. The van der Waals surface area contributed by atoms with Crippen molar-refractivity contribution in [2.24, 2.45) is 0 Å². The molecule has 140 valence electrons. The van der Waals surface area contributed by atoms with E-state index < -0.39 is 0 Å². The number of para-hydroxylation sites is 1. The number of anilines is 1. The van der Waals surface area contributed by atoms with Crippen LogP contribution in [0.3, 0.4) is 0 Å². The molecule has 5 heteroatoms. The number of benzene rings is 2. The molecule has 5 nitrogen and oxygen atoms in total. The molecule has 2 aromatic carbocycles. The Morgan fingerprint density at radius 3 is 2.59 bits per heavy atom. The van der Waals surface area contributed by atoms with Crippen LogP contribution in [-0.4, -0.2) is 25.5 Å². The minimum Gasteiger partial charge on any atom is -0.496 e. The molecule has 1 saturated heterocycles. The molecule has 1 aliphatic rings. The van der Waals surface area contributed by atoms with E-state index >= 15 is 0 Å². The lowest BCUT2D eigenvalue weighted by atomic mass is 10.1. The van der Waals surface area contributed by atoms with E-state index in [1.54, 1.807) is 18.1 Å². The van der Waals surface area contributed by atoms with Gasteiger partial charge in [-0.25, -0.2) is 0 Å². The number of rotatable bonds is 6. The molecule has 0 saturated carbocycles. The van der Waals surface area contributed by atoms with Gasteiger partial charge in [0.25, 0.3) is 0 Å². The topological polar surface area (TPSA) is 58.6 Å². The molecule has 0 radical (unpaired) electrons. The number of carbonyl (C=O) groups is 2. The Kier molecular flexibility index (Phi) is 5.91. The third-order valence-corrected chi connectivity index (χ3v) is 4.67. The Hall–Kier alpha value is -3.08. The van der Waals surface area contributed by atoms with Gasteiger partial charge < -0.3 is 15.0 Å². The van der Waals surface area contributed by atoms with Crippen molar-refractivity contribution in [1.29, 1.82) is 0 Å². The number of hydrogen-bond donors (Lipinski definition) is 1. The van der Waals surface area contributed by atoms with Gasteiger partial charge in [0.1, 0.15) is 5.75 Å². The minimum absolute atomic E-state index is 0.165. The van der Waals surface area contributed by atoms with Gasteiger partial charge in [-0.2, -0.15) is 0 Å². The summed E-state index contributed by atoms with van der Waals surface area (Å²) in [5.74, 6) is 0.747. The van der Waals surface area contributed by atoms with E-state index in [4.69, 9.17) is 4.74 Å². The van der Waals surface area contributed by atoms with E-state index in [1.165, 1.54) is 6.08 Å². The van der Waals surface area contributed by atoms with E-state index in [2.05, 4.69) is 5.32 Å². The molecule has 1 fully saturated rings. The van der Waals surface area contributed by atoms with E-state index in [0.29, 0.717) is 6.42 Å². The predicted molar refractivity (Wildman–Crippen MR) is 107 cm³/mol. The number of amides is 2. The van der Waals surface area contributed by atoms with Gasteiger partial charge >= 0.3 is 0 Å². The maximum atomic E-state index is 12.2. The van der Waals surface area contributed by atoms with Crippen molar-refractivity contribution in [2.75, 3.05) is 18.6 Å². The summed E-state index contributed by atoms with van der Waals surface area (Å²) in [5, 5.41) is 2.94. The molecule has 1 heterocycles. The Labute approximate surface area is 159 Å². The number of methoxy groups -OCH3 is 1. The van der Waals surface area contributed by atoms with Crippen molar-refractivity contribution in [1.82, 2.24) is 5.32 Å². The van der Waals surface area contributed by atoms with Gasteiger partial charge in [0, 0.05) is 30.3 Å². The van der Waals surface area contributed by atoms with E-state index in [1.807, 2.05) is 55.5 Å². The van der Waals surface area contributed by atoms with Gasteiger partial charge in [-0.1, -0.05) is 30.3 Å². The average molecular weight is 364 g/mol. The third-order valence-electron chi connectivity index (χ3n) is 4.67. The van der Waals surface area contributed by atoms with Crippen LogP contribution in [0.15, 0.2) is 54.6 Å².